The van der Waals surface area contributed by atoms with E-state index >= 15 is 0 Å². The molecule has 146 valence electrons. The summed E-state index contributed by atoms with van der Waals surface area (Å²) in [7, 11) is 1.69. The van der Waals surface area contributed by atoms with E-state index < -0.39 is 0 Å². The number of aryl methyl sites for hydroxylation is 1. The summed E-state index contributed by atoms with van der Waals surface area (Å²) in [6.45, 7) is 2.75. The number of benzene rings is 3. The van der Waals surface area contributed by atoms with Crippen molar-refractivity contribution >= 4 is 28.4 Å². The Kier molecular flexibility index (Phi) is 5.56. The molecule has 0 aliphatic heterocycles. The number of anilines is 3. The van der Waals surface area contributed by atoms with Crippen molar-refractivity contribution in [2.75, 3.05) is 17.7 Å². The van der Waals surface area contributed by atoms with E-state index in [1.807, 2.05) is 48.5 Å². The zero-order valence-electron chi connectivity index (χ0n) is 16.6. The van der Waals surface area contributed by atoms with Gasteiger partial charge in [0.25, 0.3) is 0 Å². The largest absolute Gasteiger partial charge is 0.496 e. The first-order chi connectivity index (χ1) is 14.3. The van der Waals surface area contributed by atoms with Gasteiger partial charge in [0.15, 0.2) is 0 Å². The smallest absolute Gasteiger partial charge is 0.229 e. The molecule has 0 atom stereocenters. The molecule has 0 spiro atoms. The van der Waals surface area contributed by atoms with Crippen molar-refractivity contribution in [2.45, 2.75) is 19.9 Å². The number of aromatic nitrogens is 2. The van der Waals surface area contributed by atoms with Crippen molar-refractivity contribution in [3.63, 3.8) is 0 Å². The van der Waals surface area contributed by atoms with Crippen LogP contribution in [0.15, 0.2) is 72.8 Å². The average Bonchev–Trinajstić information content (AvgIpc) is 2.78. The molecule has 5 heteroatoms. The van der Waals surface area contributed by atoms with Crippen LogP contribution in [0.1, 0.15) is 18.1 Å². The van der Waals surface area contributed by atoms with Crippen LogP contribution in [0.25, 0.3) is 10.9 Å². The molecule has 5 nitrogen and oxygen atoms in total. The molecule has 0 aliphatic carbocycles. The van der Waals surface area contributed by atoms with Crippen LogP contribution in [-0.2, 0) is 13.0 Å². The minimum absolute atomic E-state index is 0.565. The number of para-hydroxylation sites is 2. The highest BCUT2D eigenvalue weighted by Crippen LogP contribution is 2.25. The monoisotopic (exact) mass is 384 g/mol. The van der Waals surface area contributed by atoms with E-state index in [9.17, 15) is 0 Å². The van der Waals surface area contributed by atoms with E-state index in [1.54, 1.807) is 7.11 Å². The first kappa shape index (κ1) is 18.7. The minimum atomic E-state index is 0.565. The summed E-state index contributed by atoms with van der Waals surface area (Å²) in [5, 5.41) is 7.75. The number of ether oxygens (including phenoxy) is 1. The third-order valence-electron chi connectivity index (χ3n) is 4.86. The minimum Gasteiger partial charge on any atom is -0.496 e. The van der Waals surface area contributed by atoms with Crippen molar-refractivity contribution in [2.24, 2.45) is 0 Å². The highest BCUT2D eigenvalue weighted by molar-refractivity contribution is 5.90. The third kappa shape index (κ3) is 4.29. The van der Waals surface area contributed by atoms with Gasteiger partial charge in [-0.2, -0.15) is 4.98 Å². The fourth-order valence-electron chi connectivity index (χ4n) is 3.25. The molecule has 4 rings (SSSR count). The Morgan fingerprint density at radius 2 is 1.62 bits per heavy atom. The summed E-state index contributed by atoms with van der Waals surface area (Å²) < 4.78 is 5.46. The molecule has 0 unspecified atom stereocenters. The molecular weight excluding hydrogens is 360 g/mol. The fourth-order valence-corrected chi connectivity index (χ4v) is 3.25. The summed E-state index contributed by atoms with van der Waals surface area (Å²) in [5.41, 5.74) is 4.22. The van der Waals surface area contributed by atoms with Crippen molar-refractivity contribution in [3.8, 4) is 5.75 Å². The van der Waals surface area contributed by atoms with Crippen molar-refractivity contribution in [3.05, 3.63) is 83.9 Å². The van der Waals surface area contributed by atoms with Crippen LogP contribution >= 0.6 is 0 Å². The topological polar surface area (TPSA) is 59.1 Å². The van der Waals surface area contributed by atoms with Gasteiger partial charge in [0.05, 0.1) is 12.6 Å². The zero-order chi connectivity index (χ0) is 20.1. The van der Waals surface area contributed by atoms with E-state index in [-0.39, 0.29) is 0 Å². The standard InChI is InChI=1S/C24H24N4O/c1-3-17-12-14-19(15-13-17)26-24-27-21-10-6-5-9-20(21)23(28-24)25-16-18-8-4-7-11-22(18)29-2/h4-15H,3,16H2,1-2H3,(H2,25,26,27,28). The predicted octanol–water partition coefficient (Wildman–Crippen LogP) is 5.56. The van der Waals surface area contributed by atoms with Gasteiger partial charge < -0.3 is 15.4 Å². The maximum absolute atomic E-state index is 5.46. The van der Waals surface area contributed by atoms with Crippen LogP contribution in [0, 0.1) is 0 Å². The molecule has 0 radical (unpaired) electrons. The molecule has 0 bridgehead atoms. The fraction of sp³-hybridized carbons (Fsp3) is 0.167. The first-order valence-electron chi connectivity index (χ1n) is 9.75. The Bertz CT molecular complexity index is 1110. The van der Waals surface area contributed by atoms with Gasteiger partial charge in [-0.15, -0.1) is 0 Å². The van der Waals surface area contributed by atoms with Gasteiger partial charge in [-0.1, -0.05) is 49.4 Å². The van der Waals surface area contributed by atoms with Crippen LogP contribution in [0.4, 0.5) is 17.5 Å². The normalized spacial score (nSPS) is 10.7. The Hall–Kier alpha value is -3.60. The molecular formula is C24H24N4O. The van der Waals surface area contributed by atoms with E-state index in [2.05, 4.69) is 46.8 Å². The Morgan fingerprint density at radius 3 is 2.41 bits per heavy atom. The lowest BCUT2D eigenvalue weighted by Gasteiger charge is -2.13. The van der Waals surface area contributed by atoms with Gasteiger partial charge in [-0.25, -0.2) is 4.98 Å². The molecule has 2 N–H and O–H groups in total. The van der Waals surface area contributed by atoms with Crippen LogP contribution in [0.3, 0.4) is 0 Å². The molecule has 0 saturated heterocycles. The van der Waals surface area contributed by atoms with E-state index in [4.69, 9.17) is 9.72 Å². The van der Waals surface area contributed by atoms with Crippen molar-refractivity contribution in [1.82, 2.24) is 9.97 Å². The molecule has 0 saturated carbocycles. The molecule has 0 amide bonds. The van der Waals surface area contributed by atoms with Gasteiger partial charge >= 0.3 is 0 Å². The molecule has 0 fully saturated rings. The lowest BCUT2D eigenvalue weighted by Crippen LogP contribution is -2.06. The summed E-state index contributed by atoms with van der Waals surface area (Å²) in [6, 6.07) is 24.3. The highest BCUT2D eigenvalue weighted by Gasteiger charge is 2.09. The summed E-state index contributed by atoms with van der Waals surface area (Å²) >= 11 is 0. The summed E-state index contributed by atoms with van der Waals surface area (Å²) in [6.07, 6.45) is 1.02. The van der Waals surface area contributed by atoms with Crippen LogP contribution in [-0.4, -0.2) is 17.1 Å². The number of hydrogen-bond acceptors (Lipinski definition) is 5. The van der Waals surface area contributed by atoms with Crippen LogP contribution in [0.2, 0.25) is 0 Å². The first-order valence-corrected chi connectivity index (χ1v) is 9.75. The second kappa shape index (κ2) is 8.61. The lowest BCUT2D eigenvalue weighted by molar-refractivity contribution is 0.410. The van der Waals surface area contributed by atoms with Gasteiger partial charge in [0, 0.05) is 23.2 Å². The van der Waals surface area contributed by atoms with E-state index in [0.29, 0.717) is 12.5 Å². The van der Waals surface area contributed by atoms with E-state index in [0.717, 1.165) is 40.1 Å². The van der Waals surface area contributed by atoms with Gasteiger partial charge in [0.2, 0.25) is 5.95 Å². The average molecular weight is 384 g/mol. The second-order valence-corrected chi connectivity index (χ2v) is 6.75. The number of hydrogen-bond donors (Lipinski definition) is 2. The van der Waals surface area contributed by atoms with Gasteiger partial charge in [-0.05, 0) is 42.3 Å². The van der Waals surface area contributed by atoms with Crippen molar-refractivity contribution < 1.29 is 4.74 Å². The maximum atomic E-state index is 5.46. The maximum Gasteiger partial charge on any atom is 0.229 e. The number of rotatable bonds is 7. The van der Waals surface area contributed by atoms with Gasteiger partial charge in [0.1, 0.15) is 11.6 Å². The van der Waals surface area contributed by atoms with E-state index in [1.165, 1.54) is 5.56 Å². The predicted molar refractivity (Wildman–Crippen MR) is 119 cm³/mol. The third-order valence-corrected chi connectivity index (χ3v) is 4.86. The number of methoxy groups -OCH3 is 1. The number of nitrogens with zero attached hydrogens (tertiary/aromatic N) is 2. The Balaban J connectivity index is 1.63. The molecule has 1 aromatic heterocycles. The quantitative estimate of drug-likeness (QED) is 0.437. The molecule has 4 aromatic rings. The molecule has 0 aliphatic rings. The van der Waals surface area contributed by atoms with Crippen LogP contribution in [0.5, 0.6) is 5.75 Å². The molecule has 1 heterocycles. The summed E-state index contributed by atoms with van der Waals surface area (Å²) in [4.78, 5) is 9.41. The zero-order valence-corrected chi connectivity index (χ0v) is 16.6. The Morgan fingerprint density at radius 1 is 0.862 bits per heavy atom. The highest BCUT2D eigenvalue weighted by atomic mass is 16.5. The van der Waals surface area contributed by atoms with Crippen LogP contribution < -0.4 is 15.4 Å². The Labute approximate surface area is 170 Å². The number of nitrogens with one attached hydrogen (secondary N) is 2. The SMILES string of the molecule is CCc1ccc(Nc2nc(NCc3ccccc3OC)c3ccccc3n2)cc1. The summed E-state index contributed by atoms with van der Waals surface area (Å²) in [5.74, 6) is 2.21. The lowest BCUT2D eigenvalue weighted by atomic mass is 10.1. The van der Waals surface area contributed by atoms with Crippen molar-refractivity contribution in [1.29, 1.82) is 0 Å². The van der Waals surface area contributed by atoms with Gasteiger partial charge in [-0.3, -0.25) is 0 Å². The molecule has 29 heavy (non-hydrogen) atoms. The molecule has 3 aromatic carbocycles. The number of fused-ring (bicyclic) bond motifs is 1. The second-order valence-electron chi connectivity index (χ2n) is 6.75.